The van der Waals surface area contributed by atoms with Crippen molar-refractivity contribution in [1.82, 2.24) is 4.90 Å². The molecule has 5 nitrogen and oxygen atoms in total. The number of nitro groups is 1. The maximum absolute atomic E-state index is 10.8. The van der Waals surface area contributed by atoms with Crippen molar-refractivity contribution in [2.24, 2.45) is 0 Å². The van der Waals surface area contributed by atoms with Gasteiger partial charge >= 0.3 is 0 Å². The van der Waals surface area contributed by atoms with E-state index in [0.717, 1.165) is 31.6 Å². The number of rotatable bonds is 8. The molecule has 0 fully saturated rings. The molecular weight excluding hydrogens is 244 g/mol. The molecule has 1 aromatic carbocycles. The van der Waals surface area contributed by atoms with E-state index >= 15 is 0 Å². The molecule has 1 rings (SSSR count). The molecule has 19 heavy (non-hydrogen) atoms. The molecule has 106 valence electrons. The molecule has 0 bridgehead atoms. The van der Waals surface area contributed by atoms with Crippen LogP contribution in [0.15, 0.2) is 18.2 Å². The molecule has 0 atom stereocenters. The van der Waals surface area contributed by atoms with E-state index in [1.165, 1.54) is 12.1 Å². The van der Waals surface area contributed by atoms with Crippen molar-refractivity contribution < 1.29 is 9.66 Å². The molecule has 0 saturated heterocycles. The van der Waals surface area contributed by atoms with Gasteiger partial charge in [-0.2, -0.15) is 0 Å². The van der Waals surface area contributed by atoms with Crippen molar-refractivity contribution >= 4 is 5.69 Å². The van der Waals surface area contributed by atoms with Crippen molar-refractivity contribution in [3.05, 3.63) is 33.9 Å². The van der Waals surface area contributed by atoms with Gasteiger partial charge in [0, 0.05) is 12.6 Å². The van der Waals surface area contributed by atoms with Crippen LogP contribution >= 0.6 is 0 Å². The first-order valence-corrected chi connectivity index (χ1v) is 6.74. The zero-order valence-corrected chi connectivity index (χ0v) is 11.9. The minimum absolute atomic E-state index is 0.0787. The summed E-state index contributed by atoms with van der Waals surface area (Å²) in [5.41, 5.74) is 1.08. The lowest BCUT2D eigenvalue weighted by Gasteiger charge is -2.18. The van der Waals surface area contributed by atoms with Gasteiger partial charge in [-0.25, -0.2) is 0 Å². The molecule has 0 unspecified atom stereocenters. The lowest BCUT2D eigenvalue weighted by atomic mass is 10.1. The molecule has 0 aliphatic carbocycles. The number of ether oxygens (including phenoxy) is 1. The van der Waals surface area contributed by atoms with E-state index in [4.69, 9.17) is 4.74 Å². The Morgan fingerprint density at radius 3 is 2.47 bits per heavy atom. The highest BCUT2D eigenvalue weighted by molar-refractivity contribution is 5.44. The van der Waals surface area contributed by atoms with Crippen molar-refractivity contribution in [2.45, 2.75) is 27.2 Å². The lowest BCUT2D eigenvalue weighted by Crippen LogP contribution is -2.28. The Bertz CT molecular complexity index is 417. The van der Waals surface area contributed by atoms with E-state index in [9.17, 15) is 10.1 Å². The summed E-state index contributed by atoms with van der Waals surface area (Å²) in [5, 5.41) is 10.8. The van der Waals surface area contributed by atoms with Crippen molar-refractivity contribution in [3.63, 3.8) is 0 Å². The number of non-ortho nitro benzene ring substituents is 1. The van der Waals surface area contributed by atoms with Gasteiger partial charge in [0.05, 0.1) is 11.0 Å². The third kappa shape index (κ3) is 4.52. The summed E-state index contributed by atoms with van der Waals surface area (Å²) >= 11 is 0. The normalized spacial score (nSPS) is 10.7. The average Bonchev–Trinajstić information content (AvgIpc) is 2.43. The highest BCUT2D eigenvalue weighted by Crippen LogP contribution is 2.25. The third-order valence-corrected chi connectivity index (χ3v) is 3.20. The quantitative estimate of drug-likeness (QED) is 0.536. The number of nitro benzene ring substituents is 1. The largest absolute Gasteiger partial charge is 0.492 e. The monoisotopic (exact) mass is 266 g/mol. The molecule has 5 heteroatoms. The van der Waals surface area contributed by atoms with E-state index < -0.39 is 4.92 Å². The summed E-state index contributed by atoms with van der Waals surface area (Å²) in [4.78, 5) is 12.6. The van der Waals surface area contributed by atoms with Crippen LogP contribution in [0.3, 0.4) is 0 Å². The van der Waals surface area contributed by atoms with Gasteiger partial charge in [0.15, 0.2) is 0 Å². The molecule has 0 spiro atoms. The molecule has 0 radical (unpaired) electrons. The second-order valence-corrected chi connectivity index (χ2v) is 4.28. The number of benzene rings is 1. The summed E-state index contributed by atoms with van der Waals surface area (Å²) < 4.78 is 5.71. The minimum atomic E-state index is -0.392. The number of nitrogens with zero attached hydrogens (tertiary/aromatic N) is 2. The maximum atomic E-state index is 10.8. The predicted octanol–water partition coefficient (Wildman–Crippen LogP) is 2.88. The molecular formula is C14H22N2O3. The predicted molar refractivity (Wildman–Crippen MR) is 75.8 cm³/mol. The van der Waals surface area contributed by atoms with Gasteiger partial charge in [-0.15, -0.1) is 0 Å². The Kier molecular flexibility index (Phi) is 6.29. The van der Waals surface area contributed by atoms with E-state index in [-0.39, 0.29) is 5.69 Å². The summed E-state index contributed by atoms with van der Waals surface area (Å²) in [5.74, 6) is 0.629. The number of likely N-dealkylation sites (N-methyl/N-ethyl adjacent to an activating group) is 1. The highest BCUT2D eigenvalue weighted by Gasteiger charge is 2.11. The van der Waals surface area contributed by atoms with Crippen molar-refractivity contribution in [1.29, 1.82) is 0 Å². The lowest BCUT2D eigenvalue weighted by molar-refractivity contribution is -0.385. The van der Waals surface area contributed by atoms with Gasteiger partial charge in [0.1, 0.15) is 12.4 Å². The van der Waals surface area contributed by atoms with Gasteiger partial charge in [-0.1, -0.05) is 20.8 Å². The smallest absolute Gasteiger partial charge is 0.273 e. The highest BCUT2D eigenvalue weighted by atomic mass is 16.6. The van der Waals surface area contributed by atoms with Crippen LogP contribution in [0.4, 0.5) is 5.69 Å². The van der Waals surface area contributed by atoms with Crippen LogP contribution in [0.25, 0.3) is 0 Å². The fourth-order valence-electron chi connectivity index (χ4n) is 1.91. The standard InChI is InChI=1S/C14H22N2O3/c1-4-12-7-8-13(16(17)18)11-14(12)19-10-9-15(5-2)6-3/h7-8,11H,4-6,9-10H2,1-3H3. The average molecular weight is 266 g/mol. The molecule has 0 aliphatic heterocycles. The van der Waals surface area contributed by atoms with Gasteiger partial charge in [0.25, 0.3) is 5.69 Å². The number of aryl methyl sites for hydroxylation is 1. The van der Waals surface area contributed by atoms with Crippen LogP contribution in [0.5, 0.6) is 5.75 Å². The number of hydrogen-bond acceptors (Lipinski definition) is 4. The Morgan fingerprint density at radius 1 is 1.26 bits per heavy atom. The Hall–Kier alpha value is -1.62. The Balaban J connectivity index is 2.69. The molecule has 0 N–H and O–H groups in total. The Labute approximate surface area is 114 Å². The van der Waals surface area contributed by atoms with Gasteiger partial charge in [0.2, 0.25) is 0 Å². The summed E-state index contributed by atoms with van der Waals surface area (Å²) in [6, 6.07) is 4.81. The Morgan fingerprint density at radius 2 is 1.95 bits per heavy atom. The number of hydrogen-bond donors (Lipinski definition) is 0. The van der Waals surface area contributed by atoms with Crippen molar-refractivity contribution in [3.8, 4) is 5.75 Å². The van der Waals surface area contributed by atoms with Crippen molar-refractivity contribution in [2.75, 3.05) is 26.2 Å². The van der Waals surface area contributed by atoms with E-state index in [1.54, 1.807) is 6.07 Å². The third-order valence-electron chi connectivity index (χ3n) is 3.20. The molecule has 0 saturated carbocycles. The second-order valence-electron chi connectivity index (χ2n) is 4.28. The molecule has 0 aromatic heterocycles. The van der Waals surface area contributed by atoms with Gasteiger partial charge < -0.3 is 9.64 Å². The van der Waals surface area contributed by atoms with Crippen LogP contribution in [-0.4, -0.2) is 36.1 Å². The van der Waals surface area contributed by atoms with Crippen LogP contribution in [-0.2, 0) is 6.42 Å². The topological polar surface area (TPSA) is 55.6 Å². The van der Waals surface area contributed by atoms with Crippen LogP contribution in [0.1, 0.15) is 26.3 Å². The molecule has 0 amide bonds. The van der Waals surface area contributed by atoms with Crippen LogP contribution in [0, 0.1) is 10.1 Å². The first kappa shape index (κ1) is 15.4. The fourth-order valence-corrected chi connectivity index (χ4v) is 1.91. The summed E-state index contributed by atoms with van der Waals surface area (Å²) in [7, 11) is 0. The van der Waals surface area contributed by atoms with E-state index in [1.807, 2.05) is 6.92 Å². The van der Waals surface area contributed by atoms with Gasteiger partial charge in [-0.05, 0) is 31.1 Å². The second kappa shape index (κ2) is 7.74. The zero-order valence-electron chi connectivity index (χ0n) is 11.9. The van der Waals surface area contributed by atoms with Crippen LogP contribution < -0.4 is 4.74 Å². The van der Waals surface area contributed by atoms with E-state index in [0.29, 0.717) is 12.4 Å². The first-order valence-electron chi connectivity index (χ1n) is 6.74. The SMILES string of the molecule is CCc1ccc([N+](=O)[O-])cc1OCCN(CC)CC. The van der Waals surface area contributed by atoms with E-state index in [2.05, 4.69) is 18.7 Å². The minimum Gasteiger partial charge on any atom is -0.492 e. The molecule has 1 aromatic rings. The fraction of sp³-hybridized carbons (Fsp3) is 0.571. The molecule has 0 aliphatic rings. The van der Waals surface area contributed by atoms with Crippen LogP contribution in [0.2, 0.25) is 0 Å². The molecule has 0 heterocycles. The maximum Gasteiger partial charge on any atom is 0.273 e. The first-order chi connectivity index (χ1) is 9.12. The summed E-state index contributed by atoms with van der Waals surface area (Å²) in [6.45, 7) is 9.57. The summed E-state index contributed by atoms with van der Waals surface area (Å²) in [6.07, 6.45) is 0.804. The zero-order chi connectivity index (χ0) is 14.3. The van der Waals surface area contributed by atoms with Gasteiger partial charge in [-0.3, -0.25) is 10.1 Å².